The molecule has 0 fully saturated rings. The number of nitrogens with zero attached hydrogens (tertiary/aromatic N) is 2. The number of rotatable bonds is 5. The van der Waals surface area contributed by atoms with Crippen molar-refractivity contribution in [3.8, 4) is 0 Å². The predicted octanol–water partition coefficient (Wildman–Crippen LogP) is 3.83. The van der Waals surface area contributed by atoms with Crippen molar-refractivity contribution in [2.45, 2.75) is 20.4 Å². The Kier molecular flexibility index (Phi) is 4.86. The van der Waals surface area contributed by atoms with Gasteiger partial charge < -0.3 is 10.6 Å². The van der Waals surface area contributed by atoms with Gasteiger partial charge >= 0.3 is 0 Å². The van der Waals surface area contributed by atoms with Crippen molar-refractivity contribution in [2.75, 3.05) is 5.32 Å². The van der Waals surface area contributed by atoms with Gasteiger partial charge in [-0.1, -0.05) is 46.7 Å². The molecule has 0 bridgehead atoms. The first-order valence-electron chi connectivity index (χ1n) is 7.61. The van der Waals surface area contributed by atoms with E-state index >= 15 is 0 Å². The maximum Gasteiger partial charge on any atom is 0.251 e. The van der Waals surface area contributed by atoms with Crippen molar-refractivity contribution >= 4 is 28.1 Å². The lowest BCUT2D eigenvalue weighted by Crippen LogP contribution is -2.22. The number of hydrogen-bond donors (Lipinski definition) is 2. The molecule has 2 N–H and O–H groups in total. The number of carbonyl (C=O) groups excluding carboxylic acids is 1. The third kappa shape index (κ3) is 4.17. The molecule has 3 rings (SSSR count). The van der Waals surface area contributed by atoms with Gasteiger partial charge in [-0.3, -0.25) is 4.79 Å². The Bertz CT molecular complexity index is 825. The van der Waals surface area contributed by atoms with Crippen molar-refractivity contribution in [1.29, 1.82) is 0 Å². The van der Waals surface area contributed by atoms with Crippen LogP contribution in [0.25, 0.3) is 0 Å². The minimum absolute atomic E-state index is 0.113. The summed E-state index contributed by atoms with van der Waals surface area (Å²) in [4.78, 5) is 12.1. The molecule has 0 unspecified atom stereocenters. The summed E-state index contributed by atoms with van der Waals surface area (Å²) < 4.78 is 0. The first-order chi connectivity index (χ1) is 11.6. The van der Waals surface area contributed by atoms with Crippen LogP contribution in [0.5, 0.6) is 0 Å². The lowest BCUT2D eigenvalue weighted by molar-refractivity contribution is 0.0951. The van der Waals surface area contributed by atoms with E-state index in [1.807, 2.05) is 62.4 Å². The van der Waals surface area contributed by atoms with E-state index in [0.29, 0.717) is 17.2 Å². The molecule has 0 aliphatic heterocycles. The second-order valence-corrected chi connectivity index (χ2v) is 6.60. The van der Waals surface area contributed by atoms with Crippen LogP contribution >= 0.6 is 11.3 Å². The fourth-order valence-corrected chi connectivity index (χ4v) is 2.80. The molecule has 0 aliphatic rings. The smallest absolute Gasteiger partial charge is 0.251 e. The Morgan fingerprint density at radius 1 is 0.958 bits per heavy atom. The van der Waals surface area contributed by atoms with Gasteiger partial charge in [-0.05, 0) is 38.1 Å². The number of hydrogen-bond acceptors (Lipinski definition) is 5. The number of aryl methyl sites for hydroxylation is 2. The van der Waals surface area contributed by atoms with Gasteiger partial charge in [-0.25, -0.2) is 0 Å². The van der Waals surface area contributed by atoms with Crippen LogP contribution in [0.15, 0.2) is 48.5 Å². The molecule has 0 atom stereocenters. The van der Waals surface area contributed by atoms with Crippen LogP contribution < -0.4 is 10.6 Å². The van der Waals surface area contributed by atoms with E-state index in [-0.39, 0.29) is 5.91 Å². The third-order valence-corrected chi connectivity index (χ3v) is 4.32. The van der Waals surface area contributed by atoms with E-state index in [2.05, 4.69) is 20.8 Å². The monoisotopic (exact) mass is 338 g/mol. The zero-order valence-electron chi connectivity index (χ0n) is 13.5. The minimum atomic E-state index is -0.113. The molecule has 0 aliphatic carbocycles. The van der Waals surface area contributed by atoms with E-state index in [0.717, 1.165) is 16.3 Å². The van der Waals surface area contributed by atoms with Crippen molar-refractivity contribution in [2.24, 2.45) is 0 Å². The Morgan fingerprint density at radius 2 is 1.58 bits per heavy atom. The van der Waals surface area contributed by atoms with Gasteiger partial charge in [0.05, 0.1) is 6.54 Å². The average Bonchev–Trinajstić information content (AvgIpc) is 3.03. The largest absolute Gasteiger partial charge is 0.345 e. The summed E-state index contributed by atoms with van der Waals surface area (Å²) in [5.74, 6) is -0.113. The van der Waals surface area contributed by atoms with Crippen LogP contribution in [0.3, 0.4) is 0 Å². The van der Waals surface area contributed by atoms with Crippen LogP contribution in [0.1, 0.15) is 26.5 Å². The molecular formula is C18H18N4OS. The fourth-order valence-electron chi connectivity index (χ4n) is 2.10. The number of nitrogens with one attached hydrogen (secondary N) is 2. The van der Waals surface area contributed by atoms with Crippen LogP contribution in [-0.4, -0.2) is 16.1 Å². The lowest BCUT2D eigenvalue weighted by atomic mass is 10.1. The Balaban J connectivity index is 1.56. The number of amides is 1. The lowest BCUT2D eigenvalue weighted by Gasteiger charge is -2.03. The van der Waals surface area contributed by atoms with Crippen LogP contribution in [0.4, 0.5) is 10.8 Å². The molecule has 0 saturated heterocycles. The summed E-state index contributed by atoms with van der Waals surface area (Å²) in [5.41, 5.74) is 3.94. The van der Waals surface area contributed by atoms with Crippen LogP contribution in [-0.2, 0) is 6.54 Å². The number of aromatic nitrogens is 2. The highest BCUT2D eigenvalue weighted by molar-refractivity contribution is 7.15. The summed E-state index contributed by atoms with van der Waals surface area (Å²) in [6.07, 6.45) is 0. The Labute approximate surface area is 144 Å². The molecule has 24 heavy (non-hydrogen) atoms. The van der Waals surface area contributed by atoms with E-state index < -0.39 is 0 Å². The highest BCUT2D eigenvalue weighted by Crippen LogP contribution is 2.20. The second-order valence-electron chi connectivity index (χ2n) is 5.54. The first kappa shape index (κ1) is 16.1. The van der Waals surface area contributed by atoms with Gasteiger partial charge in [0.25, 0.3) is 5.91 Å². The number of benzene rings is 2. The van der Waals surface area contributed by atoms with Gasteiger partial charge in [0, 0.05) is 11.3 Å². The highest BCUT2D eigenvalue weighted by Gasteiger charge is 2.08. The molecule has 0 spiro atoms. The SMILES string of the molecule is Cc1ccc(Nc2nnc(CNC(=O)c3ccc(C)cc3)s2)cc1. The molecule has 122 valence electrons. The number of anilines is 2. The maximum absolute atomic E-state index is 12.1. The molecule has 1 amide bonds. The molecule has 5 nitrogen and oxygen atoms in total. The molecule has 6 heteroatoms. The zero-order chi connectivity index (χ0) is 16.9. The normalized spacial score (nSPS) is 10.4. The average molecular weight is 338 g/mol. The summed E-state index contributed by atoms with van der Waals surface area (Å²) in [6, 6.07) is 15.5. The Hall–Kier alpha value is -2.73. The van der Waals surface area contributed by atoms with Crippen molar-refractivity contribution in [1.82, 2.24) is 15.5 Å². The highest BCUT2D eigenvalue weighted by atomic mass is 32.1. The van der Waals surface area contributed by atoms with E-state index in [1.54, 1.807) is 0 Å². The van der Waals surface area contributed by atoms with Gasteiger partial charge in [0.15, 0.2) is 0 Å². The predicted molar refractivity (Wildman–Crippen MR) is 96.7 cm³/mol. The van der Waals surface area contributed by atoms with E-state index in [1.165, 1.54) is 16.9 Å². The summed E-state index contributed by atoms with van der Waals surface area (Å²) in [7, 11) is 0. The van der Waals surface area contributed by atoms with Crippen molar-refractivity contribution in [3.63, 3.8) is 0 Å². The van der Waals surface area contributed by atoms with Gasteiger partial charge in [0.1, 0.15) is 5.01 Å². The Morgan fingerprint density at radius 3 is 2.25 bits per heavy atom. The summed E-state index contributed by atoms with van der Waals surface area (Å²) in [6.45, 7) is 4.40. The quantitative estimate of drug-likeness (QED) is 0.742. The van der Waals surface area contributed by atoms with Crippen LogP contribution in [0.2, 0.25) is 0 Å². The van der Waals surface area contributed by atoms with Gasteiger partial charge in [0.2, 0.25) is 5.13 Å². The molecule has 3 aromatic rings. The zero-order valence-corrected chi connectivity index (χ0v) is 14.4. The maximum atomic E-state index is 12.1. The number of carbonyl (C=O) groups is 1. The molecule has 0 saturated carbocycles. The third-order valence-electron chi connectivity index (χ3n) is 3.48. The van der Waals surface area contributed by atoms with E-state index in [4.69, 9.17) is 0 Å². The van der Waals surface area contributed by atoms with Crippen molar-refractivity contribution < 1.29 is 4.79 Å². The van der Waals surface area contributed by atoms with Gasteiger partial charge in [-0.15, -0.1) is 10.2 Å². The second kappa shape index (κ2) is 7.23. The topological polar surface area (TPSA) is 66.9 Å². The molecule has 1 aromatic heterocycles. The van der Waals surface area contributed by atoms with E-state index in [9.17, 15) is 4.79 Å². The summed E-state index contributed by atoms with van der Waals surface area (Å²) in [5, 5.41) is 15.7. The standard InChI is InChI=1S/C18H18N4OS/c1-12-3-7-14(8-4-12)17(23)19-11-16-21-22-18(24-16)20-15-9-5-13(2)6-10-15/h3-10H,11H2,1-2H3,(H,19,23)(H,20,22). The first-order valence-corrected chi connectivity index (χ1v) is 8.43. The summed E-state index contributed by atoms with van der Waals surface area (Å²) >= 11 is 1.42. The fraction of sp³-hybridized carbons (Fsp3) is 0.167. The minimum Gasteiger partial charge on any atom is -0.345 e. The van der Waals surface area contributed by atoms with Crippen LogP contribution in [0, 0.1) is 13.8 Å². The molecular weight excluding hydrogens is 320 g/mol. The molecule has 1 heterocycles. The molecule has 0 radical (unpaired) electrons. The van der Waals surface area contributed by atoms with Gasteiger partial charge in [-0.2, -0.15) is 0 Å². The molecule has 2 aromatic carbocycles. The van der Waals surface area contributed by atoms with Crippen molar-refractivity contribution in [3.05, 3.63) is 70.2 Å².